The molecule has 1 saturated heterocycles. The molecule has 1 atom stereocenters. The molecule has 0 spiro atoms. The number of hydrogen-bond acceptors (Lipinski definition) is 1. The lowest BCUT2D eigenvalue weighted by molar-refractivity contribution is -0.140. The minimum absolute atomic E-state index is 0.268. The van der Waals surface area contributed by atoms with Crippen LogP contribution in [-0.4, -0.2) is 28.9 Å². The van der Waals surface area contributed by atoms with E-state index in [2.05, 4.69) is 36.2 Å². The molecule has 1 aromatic heterocycles. The zero-order chi connectivity index (χ0) is 15.9. The maximum atomic E-state index is 12.5. The lowest BCUT2D eigenvalue weighted by Gasteiger charge is -2.36. The summed E-state index contributed by atoms with van der Waals surface area (Å²) < 4.78 is 0. The Balaban J connectivity index is 1.83. The molecule has 3 rings (SSSR count). The van der Waals surface area contributed by atoms with Gasteiger partial charge in [-0.3, -0.25) is 4.79 Å². The molecule has 3 nitrogen and oxygen atoms in total. The molecule has 118 valence electrons. The Morgan fingerprint density at radius 1 is 1.27 bits per heavy atom. The summed E-state index contributed by atoms with van der Waals surface area (Å²) in [6, 6.07) is 8.77. The fourth-order valence-electron chi connectivity index (χ4n) is 3.38. The molecular weight excluding hydrogens is 272 g/mol. The number of nitrogens with zero attached hydrogens (tertiary/aromatic N) is 1. The Labute approximate surface area is 132 Å². The van der Waals surface area contributed by atoms with Crippen LogP contribution >= 0.6 is 0 Å². The molecule has 1 amide bonds. The first-order valence-corrected chi connectivity index (χ1v) is 8.23. The summed E-state index contributed by atoms with van der Waals surface area (Å²) in [4.78, 5) is 18.1. The number of aromatic amines is 1. The summed E-state index contributed by atoms with van der Waals surface area (Å²) >= 11 is 0. The summed E-state index contributed by atoms with van der Waals surface area (Å²) in [5.41, 5.74) is 3.46. The lowest BCUT2D eigenvalue weighted by Crippen LogP contribution is -2.44. The van der Waals surface area contributed by atoms with Gasteiger partial charge in [-0.2, -0.15) is 0 Å². The van der Waals surface area contributed by atoms with E-state index in [1.807, 2.05) is 25.7 Å². The van der Waals surface area contributed by atoms with Crippen molar-refractivity contribution in [1.82, 2.24) is 9.88 Å². The van der Waals surface area contributed by atoms with Gasteiger partial charge in [0.2, 0.25) is 5.91 Å². The van der Waals surface area contributed by atoms with Crippen LogP contribution in [-0.2, 0) is 4.79 Å². The highest BCUT2D eigenvalue weighted by Gasteiger charge is 2.31. The van der Waals surface area contributed by atoms with E-state index in [1.165, 1.54) is 22.2 Å². The van der Waals surface area contributed by atoms with E-state index in [9.17, 15) is 4.79 Å². The number of amides is 1. The van der Waals surface area contributed by atoms with Crippen LogP contribution in [0.3, 0.4) is 0 Å². The van der Waals surface area contributed by atoms with Gasteiger partial charge in [-0.15, -0.1) is 0 Å². The number of H-pyrrole nitrogens is 1. The first-order chi connectivity index (χ1) is 10.3. The van der Waals surface area contributed by atoms with Crippen LogP contribution in [0.15, 0.2) is 24.3 Å². The third kappa shape index (κ3) is 2.90. The van der Waals surface area contributed by atoms with Crippen LogP contribution in [0.1, 0.15) is 50.8 Å². The number of nitrogens with one attached hydrogen (secondary N) is 1. The van der Waals surface area contributed by atoms with Gasteiger partial charge >= 0.3 is 0 Å². The number of benzene rings is 1. The van der Waals surface area contributed by atoms with Crippen LogP contribution in [0.2, 0.25) is 0 Å². The highest BCUT2D eigenvalue weighted by molar-refractivity contribution is 5.82. The Bertz CT molecular complexity index is 693. The van der Waals surface area contributed by atoms with Crippen LogP contribution in [0.5, 0.6) is 0 Å². The molecule has 1 aliphatic rings. The Morgan fingerprint density at radius 2 is 2.05 bits per heavy atom. The van der Waals surface area contributed by atoms with Crippen molar-refractivity contribution < 1.29 is 4.79 Å². The summed E-state index contributed by atoms with van der Waals surface area (Å²) in [6.07, 6.45) is 2.24. The predicted octanol–water partition coefficient (Wildman–Crippen LogP) is 4.23. The number of likely N-dealkylation sites (tertiary alicyclic amines) is 1. The van der Waals surface area contributed by atoms with E-state index >= 15 is 0 Å². The van der Waals surface area contributed by atoms with Gasteiger partial charge in [-0.25, -0.2) is 0 Å². The molecule has 0 radical (unpaired) electrons. The second-order valence-electron chi connectivity index (χ2n) is 7.66. The molecule has 1 aromatic carbocycles. The van der Waals surface area contributed by atoms with Gasteiger partial charge in [0, 0.05) is 35.6 Å². The van der Waals surface area contributed by atoms with Crippen molar-refractivity contribution in [3.8, 4) is 0 Å². The second kappa shape index (κ2) is 5.45. The van der Waals surface area contributed by atoms with Gasteiger partial charge in [0.05, 0.1) is 0 Å². The van der Waals surface area contributed by atoms with Gasteiger partial charge in [-0.05, 0) is 43.4 Å². The maximum absolute atomic E-state index is 12.5. The molecule has 0 aliphatic carbocycles. The van der Waals surface area contributed by atoms with Crippen molar-refractivity contribution in [2.45, 2.75) is 46.5 Å². The average Bonchev–Trinajstić information content (AvgIpc) is 2.88. The highest BCUT2D eigenvalue weighted by atomic mass is 16.2. The molecule has 0 bridgehead atoms. The van der Waals surface area contributed by atoms with Crippen LogP contribution in [0.4, 0.5) is 0 Å². The lowest BCUT2D eigenvalue weighted by atomic mass is 9.90. The van der Waals surface area contributed by atoms with Crippen molar-refractivity contribution in [3.63, 3.8) is 0 Å². The molecule has 1 aliphatic heterocycles. The molecular formula is C19H26N2O. The first-order valence-electron chi connectivity index (χ1n) is 8.23. The Hall–Kier alpha value is -1.77. The minimum atomic E-state index is -0.292. The van der Waals surface area contributed by atoms with Crippen molar-refractivity contribution in [1.29, 1.82) is 0 Å². The topological polar surface area (TPSA) is 36.1 Å². The number of carbonyl (C=O) groups excluding carboxylic acids is 1. The fraction of sp³-hybridized carbons (Fsp3) is 0.526. The van der Waals surface area contributed by atoms with E-state index in [0.717, 1.165) is 25.9 Å². The summed E-state index contributed by atoms with van der Waals surface area (Å²) in [5.74, 6) is 0.692. The third-order valence-electron chi connectivity index (χ3n) is 4.59. The normalized spacial score (nSPS) is 19.6. The van der Waals surface area contributed by atoms with Crippen LogP contribution in [0.25, 0.3) is 10.9 Å². The van der Waals surface area contributed by atoms with Gasteiger partial charge in [0.25, 0.3) is 0 Å². The van der Waals surface area contributed by atoms with E-state index < -0.39 is 0 Å². The number of carbonyl (C=O) groups is 1. The zero-order valence-electron chi connectivity index (χ0n) is 14.1. The van der Waals surface area contributed by atoms with Crippen molar-refractivity contribution in [2.24, 2.45) is 5.41 Å². The number of rotatable bonds is 1. The molecule has 1 fully saturated rings. The van der Waals surface area contributed by atoms with Gasteiger partial charge in [-0.1, -0.05) is 32.4 Å². The number of piperidine rings is 1. The Kier molecular flexibility index (Phi) is 3.75. The van der Waals surface area contributed by atoms with Crippen molar-refractivity contribution in [2.75, 3.05) is 13.1 Å². The highest BCUT2D eigenvalue weighted by Crippen LogP contribution is 2.31. The van der Waals surface area contributed by atoms with E-state index in [0.29, 0.717) is 5.92 Å². The predicted molar refractivity (Wildman–Crippen MR) is 91.0 cm³/mol. The first kappa shape index (κ1) is 15.1. The monoisotopic (exact) mass is 298 g/mol. The molecule has 1 unspecified atom stereocenters. The summed E-state index contributed by atoms with van der Waals surface area (Å²) in [5, 5.41) is 1.27. The maximum Gasteiger partial charge on any atom is 0.227 e. The molecule has 1 N–H and O–H groups in total. The molecule has 2 heterocycles. The van der Waals surface area contributed by atoms with Crippen LogP contribution < -0.4 is 0 Å². The van der Waals surface area contributed by atoms with Crippen molar-refractivity contribution >= 4 is 16.8 Å². The quantitative estimate of drug-likeness (QED) is 0.840. The van der Waals surface area contributed by atoms with Crippen LogP contribution in [0, 0.1) is 12.3 Å². The van der Waals surface area contributed by atoms with Crippen molar-refractivity contribution in [3.05, 3.63) is 35.5 Å². The fourth-order valence-corrected chi connectivity index (χ4v) is 3.38. The molecule has 2 aromatic rings. The van der Waals surface area contributed by atoms with Gasteiger partial charge in [0.1, 0.15) is 0 Å². The smallest absolute Gasteiger partial charge is 0.227 e. The van der Waals surface area contributed by atoms with E-state index in [4.69, 9.17) is 0 Å². The molecule has 0 saturated carbocycles. The minimum Gasteiger partial charge on any atom is -0.358 e. The molecule has 22 heavy (non-hydrogen) atoms. The second-order valence-corrected chi connectivity index (χ2v) is 7.66. The summed E-state index contributed by atoms with van der Waals surface area (Å²) in [6.45, 7) is 9.87. The van der Waals surface area contributed by atoms with Gasteiger partial charge in [0.15, 0.2) is 0 Å². The number of hydrogen-bond donors (Lipinski definition) is 1. The van der Waals surface area contributed by atoms with E-state index in [1.54, 1.807) is 0 Å². The SMILES string of the molecule is Cc1ccc2[nH]c(C3CCCN(C(=O)C(C)(C)C)C3)cc2c1. The zero-order valence-corrected chi connectivity index (χ0v) is 14.1. The number of fused-ring (bicyclic) bond motifs is 1. The number of aryl methyl sites for hydroxylation is 1. The summed E-state index contributed by atoms with van der Waals surface area (Å²) in [7, 11) is 0. The van der Waals surface area contributed by atoms with Gasteiger partial charge < -0.3 is 9.88 Å². The molecule has 3 heteroatoms. The average molecular weight is 298 g/mol. The third-order valence-corrected chi connectivity index (χ3v) is 4.59. The Morgan fingerprint density at radius 3 is 2.77 bits per heavy atom. The van der Waals surface area contributed by atoms with E-state index in [-0.39, 0.29) is 11.3 Å². The standard InChI is InChI=1S/C19H26N2O/c1-13-7-8-16-15(10-13)11-17(20-16)14-6-5-9-21(12-14)18(22)19(2,3)4/h7-8,10-11,14,20H,5-6,9,12H2,1-4H3. The number of aromatic nitrogens is 1. The largest absolute Gasteiger partial charge is 0.358 e.